The molecule has 2 aromatic rings. The SMILES string of the molecule is CCCCCCOc1ccc(N(N)C(=S)c2ccc(C(C)C)cc2)c(Cl)c1. The number of benzene rings is 2. The number of nitrogens with zero attached hydrogens (tertiary/aromatic N) is 1. The summed E-state index contributed by atoms with van der Waals surface area (Å²) in [7, 11) is 0. The van der Waals surface area contributed by atoms with Gasteiger partial charge in [-0.05, 0) is 30.0 Å². The first-order valence-corrected chi connectivity index (χ1v) is 10.3. The molecule has 0 aliphatic rings. The number of hydrazine groups is 1. The summed E-state index contributed by atoms with van der Waals surface area (Å²) >= 11 is 12.0. The maximum atomic E-state index is 6.42. The van der Waals surface area contributed by atoms with Gasteiger partial charge in [-0.1, -0.05) is 88.1 Å². The van der Waals surface area contributed by atoms with Gasteiger partial charge in [-0.15, -0.1) is 0 Å². The molecule has 0 heterocycles. The predicted octanol–water partition coefficient (Wildman–Crippen LogP) is 6.48. The second-order valence-electron chi connectivity index (χ2n) is 6.97. The van der Waals surface area contributed by atoms with Crippen molar-refractivity contribution in [2.45, 2.75) is 52.4 Å². The molecule has 0 atom stereocenters. The normalized spacial score (nSPS) is 10.9. The van der Waals surface area contributed by atoms with Crippen LogP contribution in [0.25, 0.3) is 0 Å². The first-order valence-electron chi connectivity index (χ1n) is 9.55. The standard InChI is InChI=1S/C22H29ClN2OS/c1-4-5-6-7-14-26-19-12-13-21(20(23)15-19)25(24)22(27)18-10-8-17(9-11-18)16(2)3/h8-13,15-16H,4-7,14,24H2,1-3H3. The van der Waals surface area contributed by atoms with Crippen LogP contribution in [0.5, 0.6) is 5.75 Å². The Hall–Kier alpha value is -1.62. The molecule has 0 saturated carbocycles. The lowest BCUT2D eigenvalue weighted by atomic mass is 10.0. The fourth-order valence-corrected chi connectivity index (χ4v) is 3.25. The average Bonchev–Trinajstić information content (AvgIpc) is 2.67. The molecule has 3 nitrogen and oxygen atoms in total. The summed E-state index contributed by atoms with van der Waals surface area (Å²) in [4.78, 5) is 0.528. The first kappa shape index (κ1) is 21.7. The lowest BCUT2D eigenvalue weighted by molar-refractivity contribution is 0.305. The molecule has 2 aromatic carbocycles. The Morgan fingerprint density at radius 1 is 1.11 bits per heavy atom. The molecule has 0 radical (unpaired) electrons. The monoisotopic (exact) mass is 404 g/mol. The molecule has 146 valence electrons. The van der Waals surface area contributed by atoms with Crippen molar-refractivity contribution >= 4 is 34.5 Å². The van der Waals surface area contributed by atoms with Gasteiger partial charge in [-0.2, -0.15) is 0 Å². The molecule has 0 bridgehead atoms. The van der Waals surface area contributed by atoms with Crippen LogP contribution in [0, 0.1) is 0 Å². The minimum Gasteiger partial charge on any atom is -0.494 e. The van der Waals surface area contributed by atoms with E-state index in [9.17, 15) is 0 Å². The third-order valence-electron chi connectivity index (χ3n) is 4.49. The van der Waals surface area contributed by atoms with E-state index in [4.69, 9.17) is 34.4 Å². The van der Waals surface area contributed by atoms with Crippen LogP contribution < -0.4 is 15.6 Å². The average molecular weight is 405 g/mol. The summed E-state index contributed by atoms with van der Waals surface area (Å²) in [6, 6.07) is 13.7. The van der Waals surface area contributed by atoms with E-state index in [1.165, 1.54) is 29.8 Å². The molecule has 27 heavy (non-hydrogen) atoms. The second kappa shape index (κ2) is 10.6. The van der Waals surface area contributed by atoms with Crippen molar-refractivity contribution in [3.63, 3.8) is 0 Å². The Bertz CT molecular complexity index is 746. The number of nitrogens with two attached hydrogens (primary N) is 1. The van der Waals surface area contributed by atoms with E-state index in [1.807, 2.05) is 24.3 Å². The fourth-order valence-electron chi connectivity index (χ4n) is 2.75. The number of unbranched alkanes of at least 4 members (excludes halogenated alkanes) is 3. The van der Waals surface area contributed by atoms with Gasteiger partial charge in [0.2, 0.25) is 0 Å². The summed E-state index contributed by atoms with van der Waals surface area (Å²) in [5.41, 5.74) is 2.82. The summed E-state index contributed by atoms with van der Waals surface area (Å²) in [5, 5.41) is 1.97. The maximum absolute atomic E-state index is 6.42. The summed E-state index contributed by atoms with van der Waals surface area (Å²) in [5.74, 6) is 7.47. The van der Waals surface area contributed by atoms with Crippen LogP contribution in [0.3, 0.4) is 0 Å². The van der Waals surface area contributed by atoms with Crippen LogP contribution in [-0.2, 0) is 0 Å². The van der Waals surface area contributed by atoms with Crippen molar-refractivity contribution in [3.05, 3.63) is 58.6 Å². The molecule has 0 aromatic heterocycles. The van der Waals surface area contributed by atoms with Gasteiger partial charge in [0.25, 0.3) is 0 Å². The number of hydrogen-bond donors (Lipinski definition) is 1. The Kier molecular flexibility index (Phi) is 8.55. The number of rotatable bonds is 9. The highest BCUT2D eigenvalue weighted by molar-refractivity contribution is 7.81. The van der Waals surface area contributed by atoms with E-state index < -0.39 is 0 Å². The molecular formula is C22H29ClN2OS. The third-order valence-corrected chi connectivity index (χ3v) is 5.22. The van der Waals surface area contributed by atoms with Crippen LogP contribution in [-0.4, -0.2) is 11.6 Å². The van der Waals surface area contributed by atoms with E-state index in [0.29, 0.717) is 28.2 Å². The molecule has 0 aliphatic heterocycles. The van der Waals surface area contributed by atoms with Gasteiger partial charge in [0.05, 0.1) is 17.3 Å². The lowest BCUT2D eigenvalue weighted by Gasteiger charge is -2.21. The van der Waals surface area contributed by atoms with Crippen molar-refractivity contribution in [1.29, 1.82) is 0 Å². The number of ether oxygens (including phenoxy) is 1. The Morgan fingerprint density at radius 2 is 1.81 bits per heavy atom. The van der Waals surface area contributed by atoms with Gasteiger partial charge in [-0.3, -0.25) is 5.01 Å². The minimum absolute atomic E-state index is 0.477. The topological polar surface area (TPSA) is 38.5 Å². The van der Waals surface area contributed by atoms with E-state index >= 15 is 0 Å². The lowest BCUT2D eigenvalue weighted by Crippen LogP contribution is -2.37. The summed E-state index contributed by atoms with van der Waals surface area (Å²) in [6.07, 6.45) is 4.68. The zero-order valence-electron chi connectivity index (χ0n) is 16.4. The van der Waals surface area contributed by atoms with E-state index in [2.05, 4.69) is 32.9 Å². The highest BCUT2D eigenvalue weighted by atomic mass is 35.5. The quantitative estimate of drug-likeness (QED) is 0.224. The van der Waals surface area contributed by atoms with Gasteiger partial charge in [-0.25, -0.2) is 5.84 Å². The van der Waals surface area contributed by atoms with Gasteiger partial charge in [0.1, 0.15) is 10.7 Å². The number of halogens is 1. The van der Waals surface area contributed by atoms with Crippen LogP contribution >= 0.6 is 23.8 Å². The van der Waals surface area contributed by atoms with Gasteiger partial charge in [0.15, 0.2) is 0 Å². The molecule has 0 fully saturated rings. The number of anilines is 1. The number of thiocarbonyl (C=S) groups is 1. The molecule has 0 amide bonds. The van der Waals surface area contributed by atoms with Crippen molar-refractivity contribution < 1.29 is 4.74 Å². The highest BCUT2D eigenvalue weighted by Gasteiger charge is 2.14. The zero-order chi connectivity index (χ0) is 19.8. The molecule has 0 unspecified atom stereocenters. The van der Waals surface area contributed by atoms with Crippen LogP contribution in [0.4, 0.5) is 5.69 Å². The Balaban J connectivity index is 2.02. The van der Waals surface area contributed by atoms with E-state index in [0.717, 1.165) is 17.7 Å². The van der Waals surface area contributed by atoms with Crippen LogP contribution in [0.2, 0.25) is 5.02 Å². The van der Waals surface area contributed by atoms with Crippen LogP contribution in [0.15, 0.2) is 42.5 Å². The third kappa shape index (κ3) is 6.20. The van der Waals surface area contributed by atoms with Crippen LogP contribution in [0.1, 0.15) is 63.5 Å². The molecule has 0 spiro atoms. The Labute approximate surface area is 173 Å². The molecule has 2 N–H and O–H groups in total. The molecule has 0 aliphatic carbocycles. The van der Waals surface area contributed by atoms with Crippen molar-refractivity contribution in [3.8, 4) is 5.75 Å². The Morgan fingerprint density at radius 3 is 2.41 bits per heavy atom. The largest absolute Gasteiger partial charge is 0.494 e. The molecule has 2 rings (SSSR count). The second-order valence-corrected chi connectivity index (χ2v) is 7.77. The molecule has 0 saturated heterocycles. The van der Waals surface area contributed by atoms with Crippen molar-refractivity contribution in [2.75, 3.05) is 11.6 Å². The van der Waals surface area contributed by atoms with Gasteiger partial charge in [0, 0.05) is 11.6 Å². The zero-order valence-corrected chi connectivity index (χ0v) is 17.9. The van der Waals surface area contributed by atoms with Crippen molar-refractivity contribution in [2.24, 2.45) is 5.84 Å². The highest BCUT2D eigenvalue weighted by Crippen LogP contribution is 2.30. The number of hydrogen-bond acceptors (Lipinski definition) is 3. The maximum Gasteiger partial charge on any atom is 0.127 e. The molecular weight excluding hydrogens is 376 g/mol. The van der Waals surface area contributed by atoms with Gasteiger partial charge < -0.3 is 4.74 Å². The van der Waals surface area contributed by atoms with E-state index in [1.54, 1.807) is 6.07 Å². The summed E-state index contributed by atoms with van der Waals surface area (Å²) in [6.45, 7) is 7.22. The fraction of sp³-hybridized carbons (Fsp3) is 0.409. The van der Waals surface area contributed by atoms with E-state index in [-0.39, 0.29) is 0 Å². The van der Waals surface area contributed by atoms with Crippen molar-refractivity contribution in [1.82, 2.24) is 0 Å². The summed E-state index contributed by atoms with van der Waals surface area (Å²) < 4.78 is 5.77. The minimum atomic E-state index is 0.477. The molecule has 5 heteroatoms. The van der Waals surface area contributed by atoms with Gasteiger partial charge >= 0.3 is 0 Å². The predicted molar refractivity (Wildman–Crippen MR) is 120 cm³/mol. The smallest absolute Gasteiger partial charge is 0.127 e. The first-order chi connectivity index (χ1) is 12.9.